The van der Waals surface area contributed by atoms with Crippen molar-refractivity contribution in [2.75, 3.05) is 13.7 Å². The average molecular weight is 291 g/mol. The summed E-state index contributed by atoms with van der Waals surface area (Å²) in [6.45, 7) is 5.59. The van der Waals surface area contributed by atoms with Gasteiger partial charge in [-0.1, -0.05) is 6.07 Å². The second-order valence-electron chi connectivity index (χ2n) is 4.58. The fourth-order valence-electron chi connectivity index (χ4n) is 2.01. The van der Waals surface area contributed by atoms with E-state index in [4.69, 9.17) is 9.47 Å². The van der Waals surface area contributed by atoms with Gasteiger partial charge in [-0.05, 0) is 53.9 Å². The molecular formula is C16H21NO2S. The van der Waals surface area contributed by atoms with Crippen molar-refractivity contribution in [1.29, 1.82) is 0 Å². The van der Waals surface area contributed by atoms with Crippen LogP contribution in [0.4, 0.5) is 0 Å². The minimum absolute atomic E-state index is 0.346. The van der Waals surface area contributed by atoms with Crippen molar-refractivity contribution < 1.29 is 9.47 Å². The molecule has 0 bridgehead atoms. The van der Waals surface area contributed by atoms with E-state index < -0.39 is 0 Å². The summed E-state index contributed by atoms with van der Waals surface area (Å²) in [5.74, 6) is 1.58. The first-order valence-corrected chi connectivity index (χ1v) is 7.74. The van der Waals surface area contributed by atoms with Gasteiger partial charge in [-0.25, -0.2) is 0 Å². The fourth-order valence-corrected chi connectivity index (χ4v) is 2.76. The highest BCUT2D eigenvalue weighted by molar-refractivity contribution is 7.07. The third kappa shape index (κ3) is 3.74. The maximum Gasteiger partial charge on any atom is 0.161 e. The Morgan fingerprint density at radius 1 is 1.25 bits per heavy atom. The molecule has 0 radical (unpaired) electrons. The van der Waals surface area contributed by atoms with Crippen LogP contribution in [0.3, 0.4) is 0 Å². The molecule has 2 aromatic rings. The van der Waals surface area contributed by atoms with Crippen molar-refractivity contribution in [2.24, 2.45) is 0 Å². The normalized spacial score (nSPS) is 12.2. The molecule has 2 rings (SSSR count). The lowest BCUT2D eigenvalue weighted by molar-refractivity contribution is 0.310. The molecular weight excluding hydrogens is 270 g/mol. The molecule has 1 heterocycles. The molecule has 108 valence electrons. The van der Waals surface area contributed by atoms with Crippen molar-refractivity contribution in [3.63, 3.8) is 0 Å². The van der Waals surface area contributed by atoms with E-state index in [0.29, 0.717) is 12.6 Å². The van der Waals surface area contributed by atoms with Crippen LogP contribution in [0.25, 0.3) is 0 Å². The molecule has 0 saturated carbocycles. The second-order valence-corrected chi connectivity index (χ2v) is 5.36. The van der Waals surface area contributed by atoms with Crippen LogP contribution in [-0.4, -0.2) is 13.7 Å². The number of hydrogen-bond acceptors (Lipinski definition) is 4. The number of benzene rings is 1. The smallest absolute Gasteiger partial charge is 0.161 e. The molecule has 0 fully saturated rings. The van der Waals surface area contributed by atoms with Crippen LogP contribution in [0.15, 0.2) is 35.0 Å². The van der Waals surface area contributed by atoms with E-state index in [0.717, 1.165) is 18.0 Å². The van der Waals surface area contributed by atoms with E-state index in [-0.39, 0.29) is 0 Å². The van der Waals surface area contributed by atoms with E-state index in [1.165, 1.54) is 11.1 Å². The van der Waals surface area contributed by atoms with Gasteiger partial charge >= 0.3 is 0 Å². The maximum absolute atomic E-state index is 5.60. The summed E-state index contributed by atoms with van der Waals surface area (Å²) in [6.07, 6.45) is 0. The molecule has 20 heavy (non-hydrogen) atoms. The van der Waals surface area contributed by atoms with Crippen molar-refractivity contribution in [1.82, 2.24) is 5.32 Å². The second kappa shape index (κ2) is 7.31. The Hall–Kier alpha value is -1.52. The standard InChI is InChI=1S/C16H21NO2S/c1-4-19-16-9-13(5-6-15(16)18-3)10-17-12(2)14-7-8-20-11-14/h5-9,11-12,17H,4,10H2,1-3H3. The first kappa shape index (κ1) is 14.9. The summed E-state index contributed by atoms with van der Waals surface area (Å²) in [5, 5.41) is 7.80. The molecule has 1 unspecified atom stereocenters. The van der Waals surface area contributed by atoms with Crippen molar-refractivity contribution in [2.45, 2.75) is 26.4 Å². The zero-order chi connectivity index (χ0) is 14.4. The van der Waals surface area contributed by atoms with Crippen LogP contribution in [0.2, 0.25) is 0 Å². The van der Waals surface area contributed by atoms with Gasteiger partial charge in [-0.15, -0.1) is 0 Å². The maximum atomic E-state index is 5.60. The van der Waals surface area contributed by atoms with Crippen molar-refractivity contribution in [3.8, 4) is 11.5 Å². The minimum atomic E-state index is 0.346. The molecule has 1 aromatic carbocycles. The van der Waals surface area contributed by atoms with Crippen LogP contribution in [0.5, 0.6) is 11.5 Å². The molecule has 0 aliphatic heterocycles. The van der Waals surface area contributed by atoms with Gasteiger partial charge in [0.15, 0.2) is 11.5 Å². The Morgan fingerprint density at radius 2 is 2.10 bits per heavy atom. The number of thiophene rings is 1. The van der Waals surface area contributed by atoms with Crippen LogP contribution < -0.4 is 14.8 Å². The highest BCUT2D eigenvalue weighted by atomic mass is 32.1. The Bertz CT molecular complexity index is 525. The Labute approximate surface area is 124 Å². The van der Waals surface area contributed by atoms with Gasteiger partial charge in [0.25, 0.3) is 0 Å². The van der Waals surface area contributed by atoms with E-state index in [2.05, 4.69) is 35.1 Å². The molecule has 3 nitrogen and oxygen atoms in total. The molecule has 1 atom stereocenters. The predicted molar refractivity (Wildman–Crippen MR) is 83.7 cm³/mol. The zero-order valence-electron chi connectivity index (χ0n) is 12.2. The Balaban J connectivity index is 2.00. The van der Waals surface area contributed by atoms with Crippen LogP contribution >= 0.6 is 11.3 Å². The summed E-state index contributed by atoms with van der Waals surface area (Å²) >= 11 is 1.73. The van der Waals surface area contributed by atoms with E-state index in [1.54, 1.807) is 18.4 Å². The molecule has 0 spiro atoms. The minimum Gasteiger partial charge on any atom is -0.493 e. The molecule has 4 heteroatoms. The third-order valence-electron chi connectivity index (χ3n) is 3.18. The Morgan fingerprint density at radius 3 is 2.75 bits per heavy atom. The van der Waals surface area contributed by atoms with Gasteiger partial charge in [-0.2, -0.15) is 11.3 Å². The summed E-state index contributed by atoms with van der Waals surface area (Å²) in [7, 11) is 1.66. The van der Waals surface area contributed by atoms with E-state index in [9.17, 15) is 0 Å². The average Bonchev–Trinajstić information content (AvgIpc) is 2.99. The molecule has 0 saturated heterocycles. The fraction of sp³-hybridized carbons (Fsp3) is 0.375. The summed E-state index contributed by atoms with van der Waals surface area (Å²) in [5.41, 5.74) is 2.52. The van der Waals surface area contributed by atoms with Gasteiger partial charge in [0, 0.05) is 12.6 Å². The molecule has 1 aromatic heterocycles. The lowest BCUT2D eigenvalue weighted by atomic mass is 10.1. The number of nitrogens with one attached hydrogen (secondary N) is 1. The monoisotopic (exact) mass is 291 g/mol. The first-order valence-electron chi connectivity index (χ1n) is 6.79. The molecule has 0 aliphatic carbocycles. The van der Waals surface area contributed by atoms with Gasteiger partial charge in [0.05, 0.1) is 13.7 Å². The summed E-state index contributed by atoms with van der Waals surface area (Å²) in [4.78, 5) is 0. The Kier molecular flexibility index (Phi) is 5.44. The number of hydrogen-bond donors (Lipinski definition) is 1. The highest BCUT2D eigenvalue weighted by Gasteiger charge is 2.08. The lowest BCUT2D eigenvalue weighted by Crippen LogP contribution is -2.17. The van der Waals surface area contributed by atoms with Crippen LogP contribution in [0.1, 0.15) is 31.0 Å². The van der Waals surface area contributed by atoms with Crippen molar-refractivity contribution in [3.05, 3.63) is 46.2 Å². The van der Waals surface area contributed by atoms with Gasteiger partial charge < -0.3 is 14.8 Å². The van der Waals surface area contributed by atoms with Gasteiger partial charge in [0.2, 0.25) is 0 Å². The predicted octanol–water partition coefficient (Wildman–Crippen LogP) is 4.01. The van der Waals surface area contributed by atoms with E-state index >= 15 is 0 Å². The van der Waals surface area contributed by atoms with Crippen molar-refractivity contribution >= 4 is 11.3 Å². The molecule has 0 aliphatic rings. The molecule has 0 amide bonds. The number of ether oxygens (including phenoxy) is 2. The number of methoxy groups -OCH3 is 1. The number of rotatable bonds is 7. The SMILES string of the molecule is CCOc1cc(CNC(C)c2ccsc2)ccc1OC. The largest absolute Gasteiger partial charge is 0.493 e. The van der Waals surface area contributed by atoms with Crippen LogP contribution in [0, 0.1) is 0 Å². The van der Waals surface area contributed by atoms with Gasteiger partial charge in [0.1, 0.15) is 0 Å². The lowest BCUT2D eigenvalue weighted by Gasteiger charge is -2.14. The zero-order valence-corrected chi connectivity index (χ0v) is 13.0. The van der Waals surface area contributed by atoms with Crippen LogP contribution in [-0.2, 0) is 6.54 Å². The topological polar surface area (TPSA) is 30.5 Å². The highest BCUT2D eigenvalue weighted by Crippen LogP contribution is 2.28. The first-order chi connectivity index (χ1) is 9.74. The summed E-state index contributed by atoms with van der Waals surface area (Å²) < 4.78 is 10.9. The third-order valence-corrected chi connectivity index (χ3v) is 3.88. The quantitative estimate of drug-likeness (QED) is 0.836. The molecule has 1 N–H and O–H groups in total. The van der Waals surface area contributed by atoms with Gasteiger partial charge in [-0.3, -0.25) is 0 Å². The summed E-state index contributed by atoms with van der Waals surface area (Å²) in [6, 6.07) is 8.56. The van der Waals surface area contributed by atoms with E-state index in [1.807, 2.05) is 19.1 Å².